The number of thiocarbonyl (C=S) groups is 1. The number of hydrogen-bond donors (Lipinski definition) is 2. The van der Waals surface area contributed by atoms with Crippen molar-refractivity contribution >= 4 is 39.6 Å². The predicted octanol–water partition coefficient (Wildman–Crippen LogP) is 5.43. The summed E-state index contributed by atoms with van der Waals surface area (Å²) in [6, 6.07) is 20.2. The van der Waals surface area contributed by atoms with Crippen LogP contribution >= 0.6 is 23.6 Å². The lowest BCUT2D eigenvalue weighted by atomic mass is 10.0. The fourth-order valence-electron chi connectivity index (χ4n) is 3.17. The van der Waals surface area contributed by atoms with Crippen LogP contribution in [0.1, 0.15) is 27.2 Å². The second-order valence-electron chi connectivity index (χ2n) is 6.57. The van der Waals surface area contributed by atoms with Gasteiger partial charge in [-0.2, -0.15) is 0 Å². The number of rotatable bonds is 7. The van der Waals surface area contributed by atoms with Gasteiger partial charge in [-0.1, -0.05) is 60.7 Å². The molecule has 0 spiro atoms. The van der Waals surface area contributed by atoms with E-state index in [1.165, 1.54) is 24.0 Å². The Morgan fingerprint density at radius 3 is 2.38 bits per heavy atom. The van der Waals surface area contributed by atoms with Crippen molar-refractivity contribution < 1.29 is 9.53 Å². The largest absolute Gasteiger partial charge is 0.465 e. The molecule has 2 aromatic carbocycles. The van der Waals surface area contributed by atoms with Gasteiger partial charge >= 0.3 is 5.97 Å². The van der Waals surface area contributed by atoms with Crippen LogP contribution in [0.15, 0.2) is 60.7 Å². The summed E-state index contributed by atoms with van der Waals surface area (Å²) in [5, 5.41) is 7.63. The van der Waals surface area contributed by atoms with Crippen LogP contribution in [0.25, 0.3) is 11.1 Å². The van der Waals surface area contributed by atoms with Crippen molar-refractivity contribution in [1.29, 1.82) is 0 Å². The zero-order chi connectivity index (χ0) is 20.6. The number of methoxy groups -OCH3 is 1. The molecule has 0 aliphatic heterocycles. The van der Waals surface area contributed by atoms with Crippen LogP contribution in [0.5, 0.6) is 0 Å². The number of carbonyl (C=O) groups excluding carboxylic acids is 1. The van der Waals surface area contributed by atoms with Crippen LogP contribution < -0.4 is 10.6 Å². The molecule has 6 heteroatoms. The Morgan fingerprint density at radius 1 is 1.07 bits per heavy atom. The van der Waals surface area contributed by atoms with Crippen molar-refractivity contribution in [2.45, 2.75) is 19.8 Å². The van der Waals surface area contributed by atoms with Gasteiger partial charge in [0.1, 0.15) is 10.6 Å². The molecule has 2 N–H and O–H groups in total. The van der Waals surface area contributed by atoms with Crippen molar-refractivity contribution in [3.8, 4) is 11.1 Å². The summed E-state index contributed by atoms with van der Waals surface area (Å²) in [5.41, 5.74) is 3.70. The van der Waals surface area contributed by atoms with E-state index in [1.54, 1.807) is 0 Å². The number of hydrogen-bond acceptors (Lipinski definition) is 4. The number of nitrogens with one attached hydrogen (secondary N) is 2. The number of anilines is 1. The van der Waals surface area contributed by atoms with E-state index in [2.05, 4.69) is 22.8 Å². The molecule has 4 nitrogen and oxygen atoms in total. The van der Waals surface area contributed by atoms with Crippen LogP contribution in [0, 0.1) is 6.92 Å². The fourth-order valence-corrected chi connectivity index (χ4v) is 4.51. The summed E-state index contributed by atoms with van der Waals surface area (Å²) in [6.07, 6.45) is 1.95. The highest BCUT2D eigenvalue weighted by atomic mass is 32.1. The molecular formula is C23H24N2O2S2. The molecule has 1 heterocycles. The van der Waals surface area contributed by atoms with Gasteiger partial charge in [0.15, 0.2) is 5.11 Å². The van der Waals surface area contributed by atoms with Crippen LogP contribution in [-0.2, 0) is 11.2 Å². The maximum atomic E-state index is 12.5. The van der Waals surface area contributed by atoms with Gasteiger partial charge in [0.25, 0.3) is 0 Å². The lowest BCUT2D eigenvalue weighted by Crippen LogP contribution is -2.29. The average Bonchev–Trinajstić information content (AvgIpc) is 3.07. The molecule has 3 rings (SSSR count). The van der Waals surface area contributed by atoms with Gasteiger partial charge in [0.05, 0.1) is 7.11 Å². The number of thiophene rings is 1. The van der Waals surface area contributed by atoms with E-state index in [-0.39, 0.29) is 5.97 Å². The third kappa shape index (κ3) is 5.43. The molecule has 3 aromatic rings. The molecule has 0 bridgehead atoms. The van der Waals surface area contributed by atoms with Crippen molar-refractivity contribution in [3.63, 3.8) is 0 Å². The summed E-state index contributed by atoms with van der Waals surface area (Å²) in [5.74, 6) is -0.373. The van der Waals surface area contributed by atoms with Crippen LogP contribution in [-0.4, -0.2) is 24.7 Å². The Bertz CT molecular complexity index is 969. The van der Waals surface area contributed by atoms with Gasteiger partial charge in [-0.05, 0) is 43.1 Å². The molecule has 0 saturated heterocycles. The van der Waals surface area contributed by atoms with E-state index in [4.69, 9.17) is 17.0 Å². The average molecular weight is 425 g/mol. The summed E-state index contributed by atoms with van der Waals surface area (Å²) in [6.45, 7) is 2.76. The Kier molecular flexibility index (Phi) is 7.38. The Labute approximate surface area is 180 Å². The zero-order valence-electron chi connectivity index (χ0n) is 16.5. The third-order valence-corrected chi connectivity index (χ3v) is 5.80. The molecule has 0 aliphatic rings. The van der Waals surface area contributed by atoms with Gasteiger partial charge < -0.3 is 15.4 Å². The number of benzene rings is 2. The maximum absolute atomic E-state index is 12.5. The minimum atomic E-state index is -0.373. The minimum absolute atomic E-state index is 0.373. The van der Waals surface area contributed by atoms with Crippen molar-refractivity contribution in [2.75, 3.05) is 19.0 Å². The van der Waals surface area contributed by atoms with E-state index in [0.717, 1.165) is 35.4 Å². The van der Waals surface area contributed by atoms with Gasteiger partial charge in [-0.3, -0.25) is 0 Å². The second-order valence-corrected chi connectivity index (χ2v) is 8.20. The molecule has 0 radical (unpaired) electrons. The van der Waals surface area contributed by atoms with Gasteiger partial charge in [-0.25, -0.2) is 4.79 Å². The quantitative estimate of drug-likeness (QED) is 0.301. The first-order valence-corrected chi connectivity index (χ1v) is 10.7. The SMILES string of the molecule is COC(=O)c1c(NC(=S)NCCCc2ccccc2)sc(C)c1-c1ccccc1. The normalized spacial score (nSPS) is 10.4. The number of esters is 1. The molecule has 29 heavy (non-hydrogen) atoms. The molecule has 150 valence electrons. The maximum Gasteiger partial charge on any atom is 0.341 e. The Balaban J connectivity index is 1.68. The number of ether oxygens (including phenoxy) is 1. The van der Waals surface area contributed by atoms with E-state index in [1.807, 2.05) is 55.5 Å². The monoisotopic (exact) mass is 424 g/mol. The number of carbonyl (C=O) groups is 1. The van der Waals surface area contributed by atoms with Gasteiger partial charge in [-0.15, -0.1) is 11.3 Å². The first-order chi connectivity index (χ1) is 14.1. The Hall–Kier alpha value is -2.70. The van der Waals surface area contributed by atoms with Crippen LogP contribution in [0.3, 0.4) is 0 Å². The molecule has 0 atom stereocenters. The summed E-state index contributed by atoms with van der Waals surface area (Å²) in [7, 11) is 1.40. The first kappa shape index (κ1) is 21.0. The lowest BCUT2D eigenvalue weighted by molar-refractivity contribution is 0.0603. The number of aryl methyl sites for hydroxylation is 2. The van der Waals surface area contributed by atoms with Gasteiger partial charge in [0, 0.05) is 17.0 Å². The highest BCUT2D eigenvalue weighted by molar-refractivity contribution is 7.80. The highest BCUT2D eigenvalue weighted by Gasteiger charge is 2.24. The minimum Gasteiger partial charge on any atom is -0.465 e. The molecule has 0 unspecified atom stereocenters. The van der Waals surface area contributed by atoms with Gasteiger partial charge in [0.2, 0.25) is 0 Å². The van der Waals surface area contributed by atoms with Crippen LogP contribution in [0.4, 0.5) is 5.00 Å². The second kappa shape index (κ2) is 10.2. The molecule has 0 amide bonds. The lowest BCUT2D eigenvalue weighted by Gasteiger charge is -2.11. The van der Waals surface area contributed by atoms with E-state index in [0.29, 0.717) is 15.7 Å². The van der Waals surface area contributed by atoms with E-state index < -0.39 is 0 Å². The molecule has 0 aliphatic carbocycles. The summed E-state index contributed by atoms with van der Waals surface area (Å²) < 4.78 is 5.05. The topological polar surface area (TPSA) is 50.4 Å². The van der Waals surface area contributed by atoms with Crippen molar-refractivity contribution in [2.24, 2.45) is 0 Å². The van der Waals surface area contributed by atoms with Crippen molar-refractivity contribution in [1.82, 2.24) is 5.32 Å². The third-order valence-electron chi connectivity index (χ3n) is 4.53. The highest BCUT2D eigenvalue weighted by Crippen LogP contribution is 2.40. The molecule has 0 saturated carbocycles. The summed E-state index contributed by atoms with van der Waals surface area (Å²) in [4.78, 5) is 13.6. The van der Waals surface area contributed by atoms with Crippen molar-refractivity contribution in [3.05, 3.63) is 76.7 Å². The molecular weight excluding hydrogens is 400 g/mol. The van der Waals surface area contributed by atoms with Crippen LogP contribution in [0.2, 0.25) is 0 Å². The zero-order valence-corrected chi connectivity index (χ0v) is 18.2. The van der Waals surface area contributed by atoms with E-state index >= 15 is 0 Å². The van der Waals surface area contributed by atoms with E-state index in [9.17, 15) is 4.79 Å². The Morgan fingerprint density at radius 2 is 1.72 bits per heavy atom. The molecule has 1 aromatic heterocycles. The standard InChI is InChI=1S/C23H24N2O2S2/c1-16-19(18-13-7-4-8-14-18)20(22(26)27-2)21(29-16)25-23(28)24-15-9-12-17-10-5-3-6-11-17/h3-8,10-11,13-14H,9,12,15H2,1-2H3,(H2,24,25,28). The predicted molar refractivity (Wildman–Crippen MR) is 125 cm³/mol. The molecule has 0 fully saturated rings. The fraction of sp³-hybridized carbons (Fsp3) is 0.217. The smallest absolute Gasteiger partial charge is 0.341 e. The summed E-state index contributed by atoms with van der Waals surface area (Å²) >= 11 is 6.95. The first-order valence-electron chi connectivity index (χ1n) is 9.46.